The van der Waals surface area contributed by atoms with Crippen molar-refractivity contribution < 1.29 is 13.2 Å². The van der Waals surface area contributed by atoms with Gasteiger partial charge in [0.05, 0.1) is 10.3 Å². The summed E-state index contributed by atoms with van der Waals surface area (Å²) in [5.74, 6) is -0.419. The maximum absolute atomic E-state index is 11.8. The Bertz CT molecular complexity index is 549. The van der Waals surface area contributed by atoms with Gasteiger partial charge in [-0.05, 0) is 41.9 Å². The normalized spacial score (nSPS) is 12.4. The summed E-state index contributed by atoms with van der Waals surface area (Å²) >= 11 is 4.26. The Kier molecular flexibility index (Phi) is 5.51. The van der Waals surface area contributed by atoms with E-state index in [0.29, 0.717) is 3.79 Å². The Morgan fingerprint density at radius 2 is 2.11 bits per heavy atom. The average Bonchev–Trinajstić information content (AvgIpc) is 2.70. The first-order chi connectivity index (χ1) is 8.60. The molecular formula is C10H16BrN3O3S2. The Labute approximate surface area is 124 Å². The summed E-state index contributed by atoms with van der Waals surface area (Å²) < 4.78 is 26.8. The topological polar surface area (TPSA) is 101 Å². The molecule has 0 atom stereocenters. The fourth-order valence-electron chi connectivity index (χ4n) is 1.06. The van der Waals surface area contributed by atoms with Crippen LogP contribution >= 0.6 is 27.3 Å². The molecule has 0 bridgehead atoms. The molecule has 0 saturated carbocycles. The summed E-state index contributed by atoms with van der Waals surface area (Å²) in [4.78, 5) is 11.5. The number of rotatable bonds is 6. The van der Waals surface area contributed by atoms with Crippen molar-refractivity contribution in [2.75, 3.05) is 13.1 Å². The van der Waals surface area contributed by atoms with Crippen molar-refractivity contribution in [3.63, 3.8) is 0 Å². The van der Waals surface area contributed by atoms with E-state index in [0.717, 1.165) is 11.3 Å². The van der Waals surface area contributed by atoms with Gasteiger partial charge in [-0.15, -0.1) is 11.3 Å². The maximum Gasteiger partial charge on any atom is 0.250 e. The minimum Gasteiger partial charge on any atom is -0.353 e. The van der Waals surface area contributed by atoms with E-state index in [9.17, 15) is 13.2 Å². The lowest BCUT2D eigenvalue weighted by molar-refractivity contribution is -0.120. The zero-order valence-corrected chi connectivity index (χ0v) is 13.8. The van der Waals surface area contributed by atoms with E-state index < -0.39 is 21.5 Å². The van der Waals surface area contributed by atoms with Gasteiger partial charge in [-0.3, -0.25) is 4.79 Å². The lowest BCUT2D eigenvalue weighted by Crippen LogP contribution is -2.47. The fraction of sp³-hybridized carbons (Fsp3) is 0.500. The second-order valence-corrected chi connectivity index (χ2v) is 9.11. The Morgan fingerprint density at radius 1 is 1.47 bits per heavy atom. The standard InChI is InChI=1S/C10H16BrN3O3S2/c1-10(2,12)6-13-8(15)5-14-19(16,17)9-4-3-7(11)18-9/h3-4,14H,5-6,12H2,1-2H3,(H,13,15). The Morgan fingerprint density at radius 3 is 2.58 bits per heavy atom. The molecule has 0 aliphatic rings. The van der Waals surface area contributed by atoms with Crippen LogP contribution in [0.15, 0.2) is 20.1 Å². The largest absolute Gasteiger partial charge is 0.353 e. The van der Waals surface area contributed by atoms with Gasteiger partial charge < -0.3 is 11.1 Å². The van der Waals surface area contributed by atoms with E-state index in [1.807, 2.05) is 0 Å². The highest BCUT2D eigenvalue weighted by Gasteiger charge is 2.18. The maximum atomic E-state index is 11.8. The highest BCUT2D eigenvalue weighted by molar-refractivity contribution is 9.11. The predicted molar refractivity (Wildman–Crippen MR) is 78.5 cm³/mol. The second kappa shape index (κ2) is 6.31. The van der Waals surface area contributed by atoms with Gasteiger partial charge in [0.1, 0.15) is 4.21 Å². The number of halogens is 1. The molecular weight excluding hydrogens is 354 g/mol. The Balaban J connectivity index is 2.50. The van der Waals surface area contributed by atoms with Crippen molar-refractivity contribution in [1.29, 1.82) is 0 Å². The van der Waals surface area contributed by atoms with Crippen molar-refractivity contribution >= 4 is 43.2 Å². The van der Waals surface area contributed by atoms with Crippen LogP contribution in [0.4, 0.5) is 0 Å². The van der Waals surface area contributed by atoms with Crippen molar-refractivity contribution in [3.8, 4) is 0 Å². The van der Waals surface area contributed by atoms with E-state index in [2.05, 4.69) is 26.0 Å². The number of hydrogen-bond donors (Lipinski definition) is 3. The second-order valence-electron chi connectivity index (χ2n) is 4.65. The first kappa shape index (κ1) is 16.6. The van der Waals surface area contributed by atoms with E-state index in [4.69, 9.17) is 5.73 Å². The van der Waals surface area contributed by atoms with E-state index in [1.54, 1.807) is 19.9 Å². The molecule has 19 heavy (non-hydrogen) atoms. The van der Waals surface area contributed by atoms with Crippen LogP contribution in [0.2, 0.25) is 0 Å². The minimum atomic E-state index is -3.64. The molecule has 6 nitrogen and oxygen atoms in total. The van der Waals surface area contributed by atoms with Crippen LogP contribution in [0.1, 0.15) is 13.8 Å². The molecule has 1 heterocycles. The van der Waals surface area contributed by atoms with Crippen LogP contribution < -0.4 is 15.8 Å². The SMILES string of the molecule is CC(C)(N)CNC(=O)CNS(=O)(=O)c1ccc(Br)s1. The van der Waals surface area contributed by atoms with Crippen molar-refractivity contribution in [1.82, 2.24) is 10.0 Å². The van der Waals surface area contributed by atoms with Crippen LogP contribution in [-0.4, -0.2) is 33.0 Å². The van der Waals surface area contributed by atoms with Crippen LogP contribution in [-0.2, 0) is 14.8 Å². The molecule has 108 valence electrons. The van der Waals surface area contributed by atoms with Gasteiger partial charge in [0.15, 0.2) is 0 Å². The highest BCUT2D eigenvalue weighted by Crippen LogP contribution is 2.25. The number of thiophene rings is 1. The van der Waals surface area contributed by atoms with Gasteiger partial charge in [0.25, 0.3) is 10.0 Å². The molecule has 0 aliphatic heterocycles. The van der Waals surface area contributed by atoms with Crippen LogP contribution in [0.3, 0.4) is 0 Å². The van der Waals surface area contributed by atoms with Crippen molar-refractivity contribution in [3.05, 3.63) is 15.9 Å². The zero-order chi connectivity index (χ0) is 14.7. The summed E-state index contributed by atoms with van der Waals surface area (Å²) in [6, 6.07) is 3.11. The first-order valence-corrected chi connectivity index (χ1v) is 8.50. The summed E-state index contributed by atoms with van der Waals surface area (Å²) in [5, 5.41) is 2.56. The van der Waals surface area contributed by atoms with Crippen LogP contribution in [0, 0.1) is 0 Å². The third-order valence-electron chi connectivity index (χ3n) is 1.98. The molecule has 0 aromatic carbocycles. The molecule has 0 fully saturated rings. The van der Waals surface area contributed by atoms with Gasteiger partial charge in [0, 0.05) is 12.1 Å². The van der Waals surface area contributed by atoms with E-state index >= 15 is 0 Å². The van der Waals surface area contributed by atoms with Gasteiger partial charge in [-0.1, -0.05) is 0 Å². The lowest BCUT2D eigenvalue weighted by atomic mass is 10.1. The first-order valence-electron chi connectivity index (χ1n) is 5.41. The molecule has 1 rings (SSSR count). The van der Waals surface area contributed by atoms with E-state index in [-0.39, 0.29) is 17.3 Å². The summed E-state index contributed by atoms with van der Waals surface area (Å²) in [7, 11) is -3.64. The molecule has 0 radical (unpaired) electrons. The molecule has 9 heteroatoms. The summed E-state index contributed by atoms with van der Waals surface area (Å²) in [5.41, 5.74) is 5.17. The number of carbonyl (C=O) groups excluding carboxylic acids is 1. The number of nitrogens with one attached hydrogen (secondary N) is 2. The molecule has 0 saturated heterocycles. The van der Waals surface area contributed by atoms with Crippen LogP contribution in [0.5, 0.6) is 0 Å². The molecule has 4 N–H and O–H groups in total. The van der Waals surface area contributed by atoms with Gasteiger partial charge >= 0.3 is 0 Å². The van der Waals surface area contributed by atoms with Gasteiger partial charge in [0.2, 0.25) is 5.91 Å². The van der Waals surface area contributed by atoms with E-state index in [1.165, 1.54) is 6.07 Å². The molecule has 1 aromatic heterocycles. The summed E-state index contributed by atoms with van der Waals surface area (Å²) in [6.45, 7) is 3.49. The quantitative estimate of drug-likeness (QED) is 0.684. The van der Waals surface area contributed by atoms with Crippen LogP contribution in [0.25, 0.3) is 0 Å². The molecule has 0 aliphatic carbocycles. The van der Waals surface area contributed by atoms with Gasteiger partial charge in [-0.25, -0.2) is 13.1 Å². The van der Waals surface area contributed by atoms with Crippen molar-refractivity contribution in [2.24, 2.45) is 5.73 Å². The van der Waals surface area contributed by atoms with Crippen molar-refractivity contribution in [2.45, 2.75) is 23.6 Å². The minimum absolute atomic E-state index is 0.159. The number of amides is 1. The highest BCUT2D eigenvalue weighted by atomic mass is 79.9. The third kappa shape index (κ3) is 6.00. The number of nitrogens with two attached hydrogens (primary N) is 1. The smallest absolute Gasteiger partial charge is 0.250 e. The lowest BCUT2D eigenvalue weighted by Gasteiger charge is -2.18. The predicted octanol–water partition coefficient (Wildman–Crippen LogP) is 0.642. The third-order valence-corrected chi connectivity index (χ3v) is 5.49. The fourth-order valence-corrected chi connectivity index (χ4v) is 4.10. The molecule has 1 amide bonds. The number of sulfonamides is 1. The van der Waals surface area contributed by atoms with Gasteiger partial charge in [-0.2, -0.15) is 0 Å². The molecule has 0 spiro atoms. The zero-order valence-electron chi connectivity index (χ0n) is 10.6. The molecule has 1 aromatic rings. The monoisotopic (exact) mass is 369 g/mol. The number of hydrogen-bond acceptors (Lipinski definition) is 5. The average molecular weight is 370 g/mol. The molecule has 0 unspecified atom stereocenters. The summed E-state index contributed by atoms with van der Waals surface area (Å²) in [6.07, 6.45) is 0. The Hall–Kier alpha value is -0.480. The number of carbonyl (C=O) groups is 1.